The normalized spacial score (nSPS) is 24.9. The maximum Gasteiger partial charge on any atom is 0.398 e. The van der Waals surface area contributed by atoms with Gasteiger partial charge in [-0.25, -0.2) is 19.1 Å². The molecule has 0 aromatic carbocycles. The molecule has 32 heavy (non-hydrogen) atoms. The Kier molecular flexibility index (Phi) is 7.91. The number of hydrogen-bond acceptors (Lipinski definition) is 13. The number of hydrogen-bond donors (Lipinski definition) is 7. The second kappa shape index (κ2) is 10.3. The molecule has 1 saturated heterocycles. The van der Waals surface area contributed by atoms with E-state index in [1.165, 1.54) is 10.9 Å². The zero-order valence-corrected chi connectivity index (χ0v) is 18.1. The third-order valence-electron chi connectivity index (χ3n) is 5.01. The van der Waals surface area contributed by atoms with Gasteiger partial charge < -0.3 is 31.7 Å². The Bertz CT molecular complexity index is 1020. The zero-order chi connectivity index (χ0) is 23.5. The van der Waals surface area contributed by atoms with Gasteiger partial charge in [0.15, 0.2) is 23.2 Å². The van der Waals surface area contributed by atoms with E-state index in [2.05, 4.69) is 29.8 Å². The summed E-state index contributed by atoms with van der Waals surface area (Å²) in [6, 6.07) is 0. The van der Waals surface area contributed by atoms with Gasteiger partial charge in [-0.05, 0) is 26.6 Å². The number of nitrogens with one attached hydrogen (secondary N) is 2. The smallest absolute Gasteiger partial charge is 0.388 e. The highest BCUT2D eigenvalue weighted by Crippen LogP contribution is 2.35. The number of nitrogens with two attached hydrogens (primary N) is 2. The van der Waals surface area contributed by atoms with Crippen molar-refractivity contribution in [2.45, 2.75) is 50.2 Å². The molecule has 5 atom stereocenters. The Hall–Kier alpha value is -2.02. The average molecular weight is 477 g/mol. The number of rotatable bonds is 11. The summed E-state index contributed by atoms with van der Waals surface area (Å²) >= 11 is 0. The molecule has 3 heterocycles. The largest absolute Gasteiger partial charge is 0.398 e. The van der Waals surface area contributed by atoms with E-state index < -0.39 is 41.2 Å². The number of nitrogens with zero attached hydrogens (tertiary/aromatic N) is 4. The first-order valence-electron chi connectivity index (χ1n) is 9.89. The summed E-state index contributed by atoms with van der Waals surface area (Å²) in [5.74, 6) is 0.403. The number of ether oxygens (including phenoxy) is 1. The van der Waals surface area contributed by atoms with Crippen molar-refractivity contribution >= 4 is 27.4 Å². The highest BCUT2D eigenvalue weighted by atomic mass is 32.3. The topological polar surface area (TPSA) is 233 Å². The predicted molar refractivity (Wildman–Crippen MR) is 111 cm³/mol. The van der Waals surface area contributed by atoms with Crippen LogP contribution < -0.4 is 22.1 Å². The van der Waals surface area contributed by atoms with Gasteiger partial charge in [0.25, 0.3) is 0 Å². The molecule has 1 fully saturated rings. The van der Waals surface area contributed by atoms with Gasteiger partial charge in [-0.15, -0.1) is 0 Å². The fraction of sp³-hybridized carbons (Fsp3) is 0.688. The summed E-state index contributed by atoms with van der Waals surface area (Å²) in [6.07, 6.45) is -4.57. The zero-order valence-electron chi connectivity index (χ0n) is 17.3. The molecule has 0 bridgehead atoms. The molecule has 2 aromatic rings. The molecule has 0 saturated carbocycles. The number of aliphatic hydroxyl groups excluding tert-OH is 2. The number of anilines is 1. The lowest BCUT2D eigenvalue weighted by atomic mass is 10.1. The molecule has 0 spiro atoms. The van der Waals surface area contributed by atoms with Gasteiger partial charge in [0.2, 0.25) is 0 Å². The lowest BCUT2D eigenvalue weighted by molar-refractivity contribution is -0.0507. The van der Waals surface area contributed by atoms with Crippen molar-refractivity contribution in [3.8, 4) is 0 Å². The van der Waals surface area contributed by atoms with Gasteiger partial charge in [-0.3, -0.25) is 14.4 Å². The molecule has 0 amide bonds. The van der Waals surface area contributed by atoms with Crippen LogP contribution in [0.2, 0.25) is 0 Å². The number of nitrogen functional groups attached to an aromatic ring is 1. The summed E-state index contributed by atoms with van der Waals surface area (Å²) in [7, 11) is -3.01. The van der Waals surface area contributed by atoms with Crippen LogP contribution in [-0.4, -0.2) is 87.4 Å². The first-order chi connectivity index (χ1) is 15.2. The second-order valence-corrected chi connectivity index (χ2v) is 8.29. The van der Waals surface area contributed by atoms with Crippen molar-refractivity contribution in [2.75, 3.05) is 25.9 Å². The fourth-order valence-corrected chi connectivity index (χ4v) is 4.00. The van der Waals surface area contributed by atoms with E-state index in [0.29, 0.717) is 25.3 Å². The lowest BCUT2D eigenvalue weighted by Gasteiger charge is -2.22. The van der Waals surface area contributed by atoms with E-state index in [4.69, 9.17) is 20.8 Å². The van der Waals surface area contributed by atoms with Gasteiger partial charge in [0.1, 0.15) is 30.6 Å². The van der Waals surface area contributed by atoms with E-state index in [9.17, 15) is 18.6 Å². The van der Waals surface area contributed by atoms with Crippen LogP contribution in [0.1, 0.15) is 24.9 Å². The van der Waals surface area contributed by atoms with Crippen LogP contribution in [-0.2, 0) is 25.9 Å². The maximum atomic E-state index is 11.2. The molecule has 0 radical (unpaired) electrons. The Balaban J connectivity index is 1.82. The third kappa shape index (κ3) is 5.48. The Morgan fingerprint density at radius 1 is 1.31 bits per heavy atom. The van der Waals surface area contributed by atoms with Crippen molar-refractivity contribution < 1.29 is 32.1 Å². The predicted octanol–water partition coefficient (Wildman–Crippen LogP) is -2.78. The Labute approximate surface area is 184 Å². The standard InChI is InChI=1S/C16H28N8O7S/c1-19-3-2-4-20-10(31-32(27,28)29)5-8-12(25)13(26)16(30-8)24-9(6-17)23-11-14(18)21-7-22-15(11)24/h7-8,10,12-13,16,19-20,25-26H,2-6,17H2,1H3,(H2,18,21,22)(H,27,28,29)/t8-,10?,12-,13-,16-/m1/s1. The van der Waals surface area contributed by atoms with Gasteiger partial charge in [-0.1, -0.05) is 0 Å². The molecular formula is C16H28N8O7S. The molecule has 1 aliphatic rings. The summed E-state index contributed by atoms with van der Waals surface area (Å²) in [5, 5.41) is 27.0. The first kappa shape index (κ1) is 24.6. The Morgan fingerprint density at radius 2 is 2.06 bits per heavy atom. The monoisotopic (exact) mass is 476 g/mol. The molecule has 0 aliphatic carbocycles. The van der Waals surface area contributed by atoms with Gasteiger partial charge in [-0.2, -0.15) is 8.42 Å². The molecule has 2 aromatic heterocycles. The minimum atomic E-state index is -4.78. The fourth-order valence-electron chi connectivity index (χ4n) is 3.56. The van der Waals surface area contributed by atoms with E-state index in [1.807, 2.05) is 0 Å². The molecule has 16 heteroatoms. The van der Waals surface area contributed by atoms with Crippen LogP contribution in [0, 0.1) is 0 Å². The Morgan fingerprint density at radius 3 is 2.72 bits per heavy atom. The molecule has 1 aliphatic heterocycles. The second-order valence-electron chi connectivity index (χ2n) is 7.24. The number of aromatic nitrogens is 4. The minimum absolute atomic E-state index is 0.0370. The van der Waals surface area contributed by atoms with E-state index in [-0.39, 0.29) is 29.9 Å². The van der Waals surface area contributed by atoms with Crippen molar-refractivity contribution in [3.05, 3.63) is 12.2 Å². The molecule has 15 nitrogen and oxygen atoms in total. The highest BCUT2D eigenvalue weighted by molar-refractivity contribution is 7.80. The summed E-state index contributed by atoms with van der Waals surface area (Å²) in [4.78, 5) is 12.3. The van der Waals surface area contributed by atoms with Crippen LogP contribution in [0.5, 0.6) is 0 Å². The SMILES string of the molecule is CNCCCNC(C[C@H]1O[C@@H](n2c(CN)nc3c(N)ncnc32)[C@H](O)[C@@H]1O)OS(=O)(=O)O. The van der Waals surface area contributed by atoms with Crippen LogP contribution in [0.4, 0.5) is 5.82 Å². The molecule has 9 N–H and O–H groups in total. The minimum Gasteiger partial charge on any atom is -0.388 e. The van der Waals surface area contributed by atoms with Crippen LogP contribution in [0.25, 0.3) is 11.2 Å². The number of imidazole rings is 1. The van der Waals surface area contributed by atoms with Crippen LogP contribution >= 0.6 is 0 Å². The van der Waals surface area contributed by atoms with Gasteiger partial charge in [0.05, 0.1) is 12.6 Å². The summed E-state index contributed by atoms with van der Waals surface area (Å²) in [5.41, 5.74) is 12.1. The van der Waals surface area contributed by atoms with E-state index >= 15 is 0 Å². The number of aliphatic hydroxyl groups is 2. The van der Waals surface area contributed by atoms with Gasteiger partial charge in [0, 0.05) is 6.42 Å². The lowest BCUT2D eigenvalue weighted by Crippen LogP contribution is -2.41. The van der Waals surface area contributed by atoms with Crippen molar-refractivity contribution in [1.29, 1.82) is 0 Å². The van der Waals surface area contributed by atoms with Crippen LogP contribution in [0.3, 0.4) is 0 Å². The maximum absolute atomic E-state index is 11.2. The van der Waals surface area contributed by atoms with E-state index in [1.54, 1.807) is 7.05 Å². The first-order valence-corrected chi connectivity index (χ1v) is 11.3. The molecule has 180 valence electrons. The van der Waals surface area contributed by atoms with Crippen molar-refractivity contribution in [3.63, 3.8) is 0 Å². The average Bonchev–Trinajstić information content (AvgIpc) is 3.23. The summed E-state index contributed by atoms with van der Waals surface area (Å²) < 4.78 is 43.5. The summed E-state index contributed by atoms with van der Waals surface area (Å²) in [6.45, 7) is 0.982. The number of fused-ring (bicyclic) bond motifs is 1. The van der Waals surface area contributed by atoms with Crippen LogP contribution in [0.15, 0.2) is 6.33 Å². The van der Waals surface area contributed by atoms with Crippen molar-refractivity contribution in [2.24, 2.45) is 5.73 Å². The quantitative estimate of drug-likeness (QED) is 0.0987. The highest BCUT2D eigenvalue weighted by Gasteiger charge is 2.46. The molecule has 1 unspecified atom stereocenters. The third-order valence-corrected chi connectivity index (χ3v) is 5.49. The molecular weight excluding hydrogens is 448 g/mol. The molecule has 3 rings (SSSR count). The van der Waals surface area contributed by atoms with Crippen molar-refractivity contribution in [1.82, 2.24) is 30.2 Å². The van der Waals surface area contributed by atoms with E-state index in [0.717, 1.165) is 0 Å². The van der Waals surface area contributed by atoms with Gasteiger partial charge >= 0.3 is 10.4 Å².